The fraction of sp³-hybridized carbons (Fsp3) is 0.125. The second-order valence-electron chi connectivity index (χ2n) is 2.03. The number of rotatable bonds is 2. The van der Waals surface area contributed by atoms with E-state index in [9.17, 15) is 13.6 Å². The van der Waals surface area contributed by atoms with E-state index in [0.29, 0.717) is 0 Å². The molecule has 12 heavy (non-hydrogen) atoms. The van der Waals surface area contributed by atoms with Crippen molar-refractivity contribution in [3.63, 3.8) is 0 Å². The molecule has 1 rings (SSSR count). The summed E-state index contributed by atoms with van der Waals surface area (Å²) in [4.78, 5) is 10.3. The number of halogens is 2. The van der Waals surface area contributed by atoms with E-state index in [1.807, 2.05) is 0 Å². The number of ether oxygens (including phenoxy) is 1. The molecule has 0 atom stereocenters. The first-order valence-electron chi connectivity index (χ1n) is 3.25. The Bertz CT molecular complexity index is 259. The van der Waals surface area contributed by atoms with Gasteiger partial charge in [-0.25, -0.2) is 4.79 Å². The molecular formula is C8H6F2O2. The van der Waals surface area contributed by atoms with Crippen LogP contribution in [0.3, 0.4) is 0 Å². The maximum Gasteiger partial charge on any atom is 0.379 e. The number of carbonyl (C=O) groups is 1. The van der Waals surface area contributed by atoms with E-state index in [1.54, 1.807) is 18.2 Å². The summed E-state index contributed by atoms with van der Waals surface area (Å²) < 4.78 is 27.6. The van der Waals surface area contributed by atoms with Gasteiger partial charge in [-0.1, -0.05) is 18.2 Å². The van der Waals surface area contributed by atoms with Crippen molar-refractivity contribution in [2.45, 2.75) is 6.43 Å². The molecule has 0 radical (unpaired) electrons. The van der Waals surface area contributed by atoms with Crippen molar-refractivity contribution in [1.29, 1.82) is 0 Å². The van der Waals surface area contributed by atoms with Crippen molar-refractivity contribution in [3.05, 3.63) is 30.3 Å². The molecule has 4 heteroatoms. The molecule has 64 valence electrons. The Balaban J connectivity index is 2.59. The fourth-order valence-corrected chi connectivity index (χ4v) is 0.649. The summed E-state index contributed by atoms with van der Waals surface area (Å²) in [6.45, 7) is 0. The van der Waals surface area contributed by atoms with Crippen molar-refractivity contribution in [3.8, 4) is 5.75 Å². The lowest BCUT2D eigenvalue weighted by molar-refractivity contribution is -0.146. The van der Waals surface area contributed by atoms with Crippen LogP contribution in [0.1, 0.15) is 0 Å². The quantitative estimate of drug-likeness (QED) is 0.502. The molecule has 0 fully saturated rings. The highest BCUT2D eigenvalue weighted by Gasteiger charge is 2.17. The predicted molar refractivity (Wildman–Crippen MR) is 38.1 cm³/mol. The van der Waals surface area contributed by atoms with E-state index in [4.69, 9.17) is 0 Å². The number of alkyl halides is 2. The van der Waals surface area contributed by atoms with Crippen LogP contribution < -0.4 is 4.74 Å². The van der Waals surface area contributed by atoms with Crippen LogP contribution in [0.25, 0.3) is 0 Å². The number of benzene rings is 1. The molecule has 0 heterocycles. The molecule has 2 nitrogen and oxygen atoms in total. The van der Waals surface area contributed by atoms with E-state index >= 15 is 0 Å². The Morgan fingerprint density at radius 2 is 1.83 bits per heavy atom. The zero-order chi connectivity index (χ0) is 8.97. The zero-order valence-electron chi connectivity index (χ0n) is 6.04. The molecule has 0 unspecified atom stereocenters. The second kappa shape index (κ2) is 3.80. The van der Waals surface area contributed by atoms with Crippen LogP contribution >= 0.6 is 0 Å². The highest BCUT2D eigenvalue weighted by atomic mass is 19.3. The molecule has 0 saturated heterocycles. The van der Waals surface area contributed by atoms with Crippen LogP contribution in [0.4, 0.5) is 8.78 Å². The maximum absolute atomic E-state index is 11.6. The van der Waals surface area contributed by atoms with Gasteiger partial charge in [0.25, 0.3) is 0 Å². The van der Waals surface area contributed by atoms with Gasteiger partial charge >= 0.3 is 12.4 Å². The maximum atomic E-state index is 11.6. The number of hydrogen-bond donors (Lipinski definition) is 0. The van der Waals surface area contributed by atoms with Crippen molar-refractivity contribution in [1.82, 2.24) is 0 Å². The number of para-hydroxylation sites is 1. The Hall–Kier alpha value is -1.45. The summed E-state index contributed by atoms with van der Waals surface area (Å²) >= 11 is 0. The van der Waals surface area contributed by atoms with Crippen molar-refractivity contribution in [2.75, 3.05) is 0 Å². The molecule has 0 aromatic heterocycles. The first-order valence-corrected chi connectivity index (χ1v) is 3.25. The second-order valence-corrected chi connectivity index (χ2v) is 2.03. The number of carbonyl (C=O) groups excluding carboxylic acids is 1. The summed E-state index contributed by atoms with van der Waals surface area (Å²) in [5, 5.41) is 0. The standard InChI is InChI=1S/C8H6F2O2/c9-7(10)8(11)12-6-4-2-1-3-5-6/h1-5,7H. The van der Waals surface area contributed by atoms with Crippen LogP contribution in [-0.4, -0.2) is 12.4 Å². The van der Waals surface area contributed by atoms with Crippen LogP contribution in [0, 0.1) is 0 Å². The average Bonchev–Trinajstić information content (AvgIpc) is 2.06. The lowest BCUT2D eigenvalue weighted by Crippen LogP contribution is -2.17. The van der Waals surface area contributed by atoms with Gasteiger partial charge in [0.2, 0.25) is 0 Å². The molecule has 0 bridgehead atoms. The van der Waals surface area contributed by atoms with E-state index < -0.39 is 12.4 Å². The summed E-state index contributed by atoms with van der Waals surface area (Å²) in [5.41, 5.74) is 0. The minimum Gasteiger partial charge on any atom is -0.422 e. The molecule has 0 spiro atoms. The van der Waals surface area contributed by atoms with Crippen molar-refractivity contribution >= 4 is 5.97 Å². The zero-order valence-corrected chi connectivity index (χ0v) is 6.04. The normalized spacial score (nSPS) is 9.92. The van der Waals surface area contributed by atoms with Crippen molar-refractivity contribution in [2.24, 2.45) is 0 Å². The van der Waals surface area contributed by atoms with E-state index in [0.717, 1.165) is 0 Å². The molecule has 0 N–H and O–H groups in total. The molecule has 0 aliphatic carbocycles. The highest BCUT2D eigenvalue weighted by molar-refractivity contribution is 5.75. The smallest absolute Gasteiger partial charge is 0.379 e. The van der Waals surface area contributed by atoms with Crippen LogP contribution in [0.15, 0.2) is 30.3 Å². The van der Waals surface area contributed by atoms with Crippen LogP contribution in [0.5, 0.6) is 5.75 Å². The van der Waals surface area contributed by atoms with E-state index in [-0.39, 0.29) is 5.75 Å². The van der Waals surface area contributed by atoms with Gasteiger partial charge in [0.1, 0.15) is 5.75 Å². The first kappa shape index (κ1) is 8.64. The minimum atomic E-state index is -3.08. The third-order valence-corrected chi connectivity index (χ3v) is 1.14. The van der Waals surface area contributed by atoms with Gasteiger partial charge in [0.05, 0.1) is 0 Å². The summed E-state index contributed by atoms with van der Waals surface area (Å²) in [6.07, 6.45) is -3.08. The molecule has 1 aromatic rings. The first-order chi connectivity index (χ1) is 5.70. The SMILES string of the molecule is O=C(Oc1ccccc1)C(F)F. The van der Waals surface area contributed by atoms with Gasteiger partial charge in [-0.3, -0.25) is 0 Å². The Morgan fingerprint density at radius 3 is 2.33 bits per heavy atom. The fourth-order valence-electron chi connectivity index (χ4n) is 0.649. The molecular weight excluding hydrogens is 166 g/mol. The third kappa shape index (κ3) is 2.30. The molecule has 0 saturated carbocycles. The topological polar surface area (TPSA) is 26.3 Å². The Labute approximate surface area is 67.8 Å². The van der Waals surface area contributed by atoms with E-state index in [1.165, 1.54) is 12.1 Å². The molecule has 1 aromatic carbocycles. The van der Waals surface area contributed by atoms with Gasteiger partial charge < -0.3 is 4.74 Å². The lowest BCUT2D eigenvalue weighted by atomic mass is 10.3. The largest absolute Gasteiger partial charge is 0.422 e. The van der Waals surface area contributed by atoms with Gasteiger partial charge in [0.15, 0.2) is 0 Å². The molecule has 0 aliphatic rings. The summed E-state index contributed by atoms with van der Waals surface area (Å²) in [6, 6.07) is 7.74. The third-order valence-electron chi connectivity index (χ3n) is 1.14. The number of hydrogen-bond acceptors (Lipinski definition) is 2. The van der Waals surface area contributed by atoms with Gasteiger partial charge in [-0.2, -0.15) is 8.78 Å². The Morgan fingerprint density at radius 1 is 1.25 bits per heavy atom. The molecule has 0 aliphatic heterocycles. The minimum absolute atomic E-state index is 0.128. The number of esters is 1. The predicted octanol–water partition coefficient (Wildman–Crippen LogP) is 1.86. The lowest BCUT2D eigenvalue weighted by Gasteiger charge is -2.01. The highest BCUT2D eigenvalue weighted by Crippen LogP contribution is 2.10. The Kier molecular flexibility index (Phi) is 2.74. The van der Waals surface area contributed by atoms with Gasteiger partial charge in [0, 0.05) is 0 Å². The summed E-state index contributed by atoms with van der Waals surface area (Å²) in [5.74, 6) is -1.40. The monoisotopic (exact) mass is 172 g/mol. The van der Waals surface area contributed by atoms with Gasteiger partial charge in [-0.15, -0.1) is 0 Å². The molecule has 0 amide bonds. The average molecular weight is 172 g/mol. The summed E-state index contributed by atoms with van der Waals surface area (Å²) in [7, 11) is 0. The van der Waals surface area contributed by atoms with Crippen molar-refractivity contribution < 1.29 is 18.3 Å². The van der Waals surface area contributed by atoms with Gasteiger partial charge in [-0.05, 0) is 12.1 Å². The van der Waals surface area contributed by atoms with E-state index in [2.05, 4.69) is 4.74 Å². The van der Waals surface area contributed by atoms with Crippen LogP contribution in [-0.2, 0) is 4.79 Å². The van der Waals surface area contributed by atoms with Crippen LogP contribution in [0.2, 0.25) is 0 Å².